The molecule has 0 fully saturated rings. The number of amides is 2. The molecule has 0 aliphatic heterocycles. The quantitative estimate of drug-likeness (QED) is 0.416. The van der Waals surface area contributed by atoms with Crippen molar-refractivity contribution in [3.8, 4) is 0 Å². The van der Waals surface area contributed by atoms with Crippen molar-refractivity contribution in [2.24, 2.45) is 0 Å². The van der Waals surface area contributed by atoms with Gasteiger partial charge >= 0.3 is 5.69 Å². The molecule has 2 aromatic heterocycles. The fraction of sp³-hybridized carbons (Fsp3) is 0.158. The van der Waals surface area contributed by atoms with E-state index in [9.17, 15) is 19.7 Å². The Labute approximate surface area is 179 Å². The zero-order chi connectivity index (χ0) is 21.8. The zero-order valence-corrected chi connectivity index (χ0v) is 17.6. The molecule has 0 unspecified atom stereocenters. The third-order valence-electron chi connectivity index (χ3n) is 4.20. The Hall–Kier alpha value is -3.60. The van der Waals surface area contributed by atoms with E-state index in [2.05, 4.69) is 36.6 Å². The lowest BCUT2D eigenvalue weighted by molar-refractivity contribution is -0.386. The van der Waals surface area contributed by atoms with Gasteiger partial charge in [0.15, 0.2) is 0 Å². The largest absolute Gasteiger partial charge is 0.324 e. The second kappa shape index (κ2) is 8.82. The molecule has 10 nitrogen and oxygen atoms in total. The number of aromatic nitrogens is 3. The number of hydrogen-bond acceptors (Lipinski definition) is 6. The summed E-state index contributed by atoms with van der Waals surface area (Å²) < 4.78 is 2.07. The van der Waals surface area contributed by atoms with Gasteiger partial charge in [0.1, 0.15) is 23.8 Å². The van der Waals surface area contributed by atoms with Crippen LogP contribution in [0, 0.1) is 24.0 Å². The summed E-state index contributed by atoms with van der Waals surface area (Å²) in [6, 6.07) is 9.80. The van der Waals surface area contributed by atoms with Crippen LogP contribution in [0.4, 0.5) is 17.2 Å². The number of anilines is 2. The minimum absolute atomic E-state index is 0.108. The van der Waals surface area contributed by atoms with Crippen molar-refractivity contribution in [1.82, 2.24) is 14.8 Å². The van der Waals surface area contributed by atoms with Crippen LogP contribution in [0.5, 0.6) is 0 Å². The lowest BCUT2D eigenvalue weighted by Gasteiger charge is -2.09. The van der Waals surface area contributed by atoms with E-state index >= 15 is 0 Å². The van der Waals surface area contributed by atoms with Crippen molar-refractivity contribution in [2.75, 3.05) is 10.6 Å². The van der Waals surface area contributed by atoms with E-state index in [1.165, 1.54) is 24.6 Å². The number of pyridine rings is 1. The number of carbonyl (C=O) groups excluding carboxylic acids is 2. The molecule has 0 aliphatic carbocycles. The average Bonchev–Trinajstić information content (AvgIpc) is 2.96. The van der Waals surface area contributed by atoms with Crippen LogP contribution in [-0.2, 0) is 11.3 Å². The highest BCUT2D eigenvalue weighted by Gasteiger charge is 2.22. The molecule has 2 amide bonds. The molecule has 0 atom stereocenters. The summed E-state index contributed by atoms with van der Waals surface area (Å²) in [6.45, 7) is 2.86. The Morgan fingerprint density at radius 2 is 1.97 bits per heavy atom. The molecule has 0 spiro atoms. The van der Waals surface area contributed by atoms with E-state index in [4.69, 9.17) is 0 Å². The van der Waals surface area contributed by atoms with Crippen LogP contribution in [0.2, 0.25) is 0 Å². The average molecular weight is 473 g/mol. The first-order valence-corrected chi connectivity index (χ1v) is 9.55. The maximum Gasteiger partial charge on any atom is 0.312 e. The van der Waals surface area contributed by atoms with Gasteiger partial charge in [0.05, 0.1) is 4.92 Å². The molecule has 11 heteroatoms. The second-order valence-electron chi connectivity index (χ2n) is 6.38. The molecule has 0 bridgehead atoms. The Kier molecular flexibility index (Phi) is 6.21. The fourth-order valence-electron chi connectivity index (χ4n) is 2.82. The summed E-state index contributed by atoms with van der Waals surface area (Å²) >= 11 is 3.27. The normalized spacial score (nSPS) is 10.5. The van der Waals surface area contributed by atoms with Crippen LogP contribution >= 0.6 is 15.9 Å². The number of aryl methyl sites for hydroxylation is 1. The van der Waals surface area contributed by atoms with Gasteiger partial charge in [-0.2, -0.15) is 5.10 Å². The monoisotopic (exact) mass is 472 g/mol. The first-order chi connectivity index (χ1) is 14.2. The van der Waals surface area contributed by atoms with E-state index in [0.29, 0.717) is 22.8 Å². The minimum atomic E-state index is -0.519. The van der Waals surface area contributed by atoms with Crippen molar-refractivity contribution >= 4 is 44.9 Å². The lowest BCUT2D eigenvalue weighted by atomic mass is 10.2. The van der Waals surface area contributed by atoms with Gasteiger partial charge in [0.2, 0.25) is 5.91 Å². The number of halogens is 1. The third-order valence-corrected chi connectivity index (χ3v) is 4.67. The fourth-order valence-corrected chi connectivity index (χ4v) is 3.05. The first kappa shape index (κ1) is 21.1. The molecule has 2 N–H and O–H groups in total. The molecule has 0 saturated heterocycles. The molecular weight excluding hydrogens is 456 g/mol. The van der Waals surface area contributed by atoms with E-state index in [1.54, 1.807) is 36.5 Å². The molecule has 2 heterocycles. The van der Waals surface area contributed by atoms with Gasteiger partial charge < -0.3 is 10.6 Å². The van der Waals surface area contributed by atoms with Crippen LogP contribution in [0.25, 0.3) is 0 Å². The Morgan fingerprint density at radius 1 is 1.20 bits per heavy atom. The summed E-state index contributed by atoms with van der Waals surface area (Å²) in [5.74, 6) is -0.415. The molecule has 3 aromatic rings. The molecule has 0 radical (unpaired) electrons. The SMILES string of the molecule is Cc1nn(CC(=O)Nc2cccc(C(=O)Nc3ccc(Br)cn3)c2)c(C)c1[N+](=O)[O-]. The molecule has 3 rings (SSSR count). The van der Waals surface area contributed by atoms with Gasteiger partial charge in [-0.15, -0.1) is 0 Å². The van der Waals surface area contributed by atoms with Crippen molar-refractivity contribution in [2.45, 2.75) is 20.4 Å². The minimum Gasteiger partial charge on any atom is -0.324 e. The number of carbonyl (C=O) groups is 2. The molecule has 0 aliphatic rings. The van der Waals surface area contributed by atoms with Crippen LogP contribution in [0.3, 0.4) is 0 Å². The van der Waals surface area contributed by atoms with Crippen molar-refractivity contribution in [3.63, 3.8) is 0 Å². The topological polar surface area (TPSA) is 132 Å². The third kappa shape index (κ3) is 4.87. The van der Waals surface area contributed by atoms with Crippen molar-refractivity contribution < 1.29 is 14.5 Å². The van der Waals surface area contributed by atoms with Gasteiger partial charge in [-0.1, -0.05) is 6.07 Å². The van der Waals surface area contributed by atoms with Crippen molar-refractivity contribution in [3.05, 3.63) is 74.1 Å². The molecule has 1 aromatic carbocycles. The number of nitrogens with zero attached hydrogens (tertiary/aromatic N) is 4. The Bertz CT molecular complexity index is 1130. The summed E-state index contributed by atoms with van der Waals surface area (Å²) in [5.41, 5.74) is 1.17. The number of hydrogen-bond donors (Lipinski definition) is 2. The summed E-state index contributed by atoms with van der Waals surface area (Å²) in [7, 11) is 0. The van der Waals surface area contributed by atoms with E-state index in [-0.39, 0.29) is 23.8 Å². The van der Waals surface area contributed by atoms with E-state index in [0.717, 1.165) is 4.47 Å². The van der Waals surface area contributed by atoms with Gasteiger partial charge in [0, 0.05) is 21.9 Å². The van der Waals surface area contributed by atoms with Gasteiger partial charge in [-0.25, -0.2) is 4.98 Å². The number of nitro groups is 1. The maximum atomic E-state index is 12.4. The standard InChI is InChI=1S/C19H17BrN6O4/c1-11-18(26(29)30)12(2)25(24-11)10-17(27)22-15-5-3-4-13(8-15)19(28)23-16-7-6-14(20)9-21-16/h3-9H,10H2,1-2H3,(H,22,27)(H,21,23,28). The summed E-state index contributed by atoms with van der Waals surface area (Å²) in [5, 5.41) is 20.5. The maximum absolute atomic E-state index is 12.4. The molecule has 30 heavy (non-hydrogen) atoms. The zero-order valence-electron chi connectivity index (χ0n) is 16.0. The number of rotatable bonds is 6. The molecule has 154 valence electrons. The summed E-state index contributed by atoms with van der Waals surface area (Å²) in [6.07, 6.45) is 1.57. The van der Waals surface area contributed by atoms with Crippen LogP contribution < -0.4 is 10.6 Å². The number of benzene rings is 1. The van der Waals surface area contributed by atoms with Crippen molar-refractivity contribution in [1.29, 1.82) is 0 Å². The van der Waals surface area contributed by atoms with E-state index < -0.39 is 10.8 Å². The lowest BCUT2D eigenvalue weighted by Crippen LogP contribution is -2.21. The van der Waals surface area contributed by atoms with Crippen LogP contribution in [-0.4, -0.2) is 31.5 Å². The Balaban J connectivity index is 1.68. The van der Waals surface area contributed by atoms with Gasteiger partial charge in [0.25, 0.3) is 5.91 Å². The summed E-state index contributed by atoms with van der Waals surface area (Å²) in [4.78, 5) is 39.4. The molecular formula is C19H17BrN6O4. The first-order valence-electron chi connectivity index (χ1n) is 8.76. The van der Waals surface area contributed by atoms with Gasteiger partial charge in [-0.05, 0) is 60.1 Å². The highest BCUT2D eigenvalue weighted by atomic mass is 79.9. The smallest absolute Gasteiger partial charge is 0.312 e. The number of nitrogens with one attached hydrogen (secondary N) is 2. The van der Waals surface area contributed by atoms with Crippen LogP contribution in [0.15, 0.2) is 47.1 Å². The molecule has 0 saturated carbocycles. The second-order valence-corrected chi connectivity index (χ2v) is 7.29. The predicted octanol–water partition coefficient (Wildman–Crippen LogP) is 3.46. The highest BCUT2D eigenvalue weighted by molar-refractivity contribution is 9.10. The highest BCUT2D eigenvalue weighted by Crippen LogP contribution is 2.22. The van der Waals surface area contributed by atoms with Crippen LogP contribution in [0.1, 0.15) is 21.7 Å². The van der Waals surface area contributed by atoms with Gasteiger partial charge in [-0.3, -0.25) is 24.4 Å². The predicted molar refractivity (Wildman–Crippen MR) is 113 cm³/mol. The Morgan fingerprint density at radius 3 is 2.60 bits per heavy atom. The van der Waals surface area contributed by atoms with E-state index in [1.807, 2.05) is 0 Å².